The van der Waals surface area contributed by atoms with Crippen molar-refractivity contribution in [3.05, 3.63) is 60.8 Å². The Kier molecular flexibility index (Phi) is 63.2. The van der Waals surface area contributed by atoms with E-state index < -0.39 is 6.10 Å². The number of esters is 3. The highest BCUT2D eigenvalue weighted by molar-refractivity contribution is 5.71. The summed E-state index contributed by atoms with van der Waals surface area (Å²) >= 11 is 0. The summed E-state index contributed by atoms with van der Waals surface area (Å²) in [5.74, 6) is -0.918. The fraction of sp³-hybridized carbons (Fsp3) is 0.817. The second-order valence-electron chi connectivity index (χ2n) is 22.7. The molecule has 1 unspecified atom stereocenters. The molecule has 0 heterocycles. The van der Waals surface area contributed by atoms with Crippen molar-refractivity contribution < 1.29 is 28.6 Å². The molecule has 0 N–H and O–H groups in total. The molecular formula is C71H128O6. The first-order chi connectivity index (χ1) is 38.0. The zero-order valence-electron chi connectivity index (χ0n) is 51.5. The smallest absolute Gasteiger partial charge is 0.306 e. The topological polar surface area (TPSA) is 78.9 Å². The Labute approximate surface area is 479 Å². The lowest BCUT2D eigenvalue weighted by Crippen LogP contribution is -2.30. The van der Waals surface area contributed by atoms with E-state index in [2.05, 4.69) is 81.5 Å². The Balaban J connectivity index is 4.06. The molecule has 0 aliphatic rings. The molecule has 6 nitrogen and oxygen atoms in total. The fourth-order valence-electron chi connectivity index (χ4n) is 9.97. The predicted octanol–water partition coefficient (Wildman–Crippen LogP) is 23.1. The number of hydrogen-bond acceptors (Lipinski definition) is 6. The Hall–Kier alpha value is -2.89. The molecule has 77 heavy (non-hydrogen) atoms. The third-order valence-corrected chi connectivity index (χ3v) is 15.0. The molecule has 0 bridgehead atoms. The van der Waals surface area contributed by atoms with Gasteiger partial charge in [0.2, 0.25) is 0 Å². The van der Waals surface area contributed by atoms with Crippen LogP contribution in [0.4, 0.5) is 0 Å². The second kappa shape index (κ2) is 65.6. The standard InChI is InChI=1S/C71H128O6/c1-4-7-10-13-16-19-22-25-26-27-28-29-30-31-32-33-34-35-36-37-38-39-40-41-42-43-44-47-49-52-55-58-61-64-70(73)76-67-68(77-71(74)65-62-59-56-53-50-46-24-21-18-15-12-9-6-3)66-75-69(72)63-60-57-54-51-48-45-23-20-17-14-11-8-5-2/h9,11-12,14,18,20-21,23,46,50,68H,4-8,10,13,15-17,19,22,24-45,47-49,51-67H2,1-3H3/b12-9-,14-11-,21-18-,23-20-,50-46-. The summed E-state index contributed by atoms with van der Waals surface area (Å²) in [6.45, 7) is 6.47. The van der Waals surface area contributed by atoms with Gasteiger partial charge in [-0.25, -0.2) is 0 Å². The lowest BCUT2D eigenvalue weighted by atomic mass is 10.0. The quantitative estimate of drug-likeness (QED) is 0.0261. The minimum atomic E-state index is -0.794. The normalized spacial score (nSPS) is 12.4. The van der Waals surface area contributed by atoms with Gasteiger partial charge in [-0.15, -0.1) is 0 Å². The van der Waals surface area contributed by atoms with Crippen LogP contribution in [0, 0.1) is 0 Å². The van der Waals surface area contributed by atoms with Gasteiger partial charge in [-0.2, -0.15) is 0 Å². The largest absolute Gasteiger partial charge is 0.462 e. The fourth-order valence-corrected chi connectivity index (χ4v) is 9.97. The summed E-state index contributed by atoms with van der Waals surface area (Å²) < 4.78 is 16.9. The third kappa shape index (κ3) is 63.8. The molecule has 6 heteroatoms. The molecule has 0 amide bonds. The van der Waals surface area contributed by atoms with Gasteiger partial charge in [0.15, 0.2) is 6.10 Å². The monoisotopic (exact) mass is 1080 g/mol. The number of unbranched alkanes of at least 4 members (excludes halogenated alkanes) is 41. The van der Waals surface area contributed by atoms with Crippen molar-refractivity contribution in [3.63, 3.8) is 0 Å². The molecule has 0 rings (SSSR count). The van der Waals surface area contributed by atoms with Gasteiger partial charge in [0, 0.05) is 19.3 Å². The summed E-state index contributed by atoms with van der Waals surface area (Å²) in [6.07, 6.45) is 84.2. The van der Waals surface area contributed by atoms with Gasteiger partial charge in [0.05, 0.1) is 0 Å². The Bertz CT molecular complexity index is 1380. The van der Waals surface area contributed by atoms with Crippen molar-refractivity contribution in [1.82, 2.24) is 0 Å². The van der Waals surface area contributed by atoms with Crippen LogP contribution in [0.5, 0.6) is 0 Å². The number of allylic oxidation sites excluding steroid dienone is 10. The van der Waals surface area contributed by atoms with Crippen molar-refractivity contribution in [1.29, 1.82) is 0 Å². The number of rotatable bonds is 62. The van der Waals surface area contributed by atoms with Crippen LogP contribution < -0.4 is 0 Å². The summed E-state index contributed by atoms with van der Waals surface area (Å²) in [7, 11) is 0. The van der Waals surface area contributed by atoms with Gasteiger partial charge in [-0.05, 0) is 77.0 Å². The van der Waals surface area contributed by atoms with E-state index in [1.165, 1.54) is 199 Å². The Morgan fingerprint density at radius 1 is 0.273 bits per heavy atom. The SMILES string of the molecule is CC/C=C\C/C=C\C/C=C\CCCCCC(=O)OC(COC(=O)CCCCCCC/C=C\C/C=C\CCC)COC(=O)CCCCCCCCCCCCCCCCCCCCCCCCCCCCCCCCCCC. The number of carbonyl (C=O) groups is 3. The molecule has 0 aliphatic carbocycles. The second-order valence-corrected chi connectivity index (χ2v) is 22.7. The van der Waals surface area contributed by atoms with E-state index in [4.69, 9.17) is 14.2 Å². The minimum absolute atomic E-state index is 0.0882. The third-order valence-electron chi connectivity index (χ3n) is 15.0. The van der Waals surface area contributed by atoms with E-state index in [1.807, 2.05) is 0 Å². The molecule has 0 aromatic heterocycles. The predicted molar refractivity (Wildman–Crippen MR) is 335 cm³/mol. The van der Waals surface area contributed by atoms with Crippen LogP contribution in [0.1, 0.15) is 355 Å². The molecule has 0 spiro atoms. The lowest BCUT2D eigenvalue weighted by molar-refractivity contribution is -0.167. The van der Waals surface area contributed by atoms with Crippen molar-refractivity contribution in [2.24, 2.45) is 0 Å². The molecule has 1 atom stereocenters. The maximum Gasteiger partial charge on any atom is 0.306 e. The van der Waals surface area contributed by atoms with Crippen LogP contribution in [0.25, 0.3) is 0 Å². The highest BCUT2D eigenvalue weighted by Gasteiger charge is 2.19. The molecule has 0 saturated heterocycles. The Morgan fingerprint density at radius 3 is 0.857 bits per heavy atom. The summed E-state index contributed by atoms with van der Waals surface area (Å²) in [4.78, 5) is 38.2. The first kappa shape index (κ1) is 74.1. The maximum absolute atomic E-state index is 12.8. The molecule has 0 aromatic carbocycles. The minimum Gasteiger partial charge on any atom is -0.462 e. The molecule has 0 fully saturated rings. The summed E-state index contributed by atoms with van der Waals surface area (Å²) in [5.41, 5.74) is 0. The molecular weight excluding hydrogens is 949 g/mol. The van der Waals surface area contributed by atoms with Crippen LogP contribution in [0.3, 0.4) is 0 Å². The zero-order valence-corrected chi connectivity index (χ0v) is 51.5. The van der Waals surface area contributed by atoms with E-state index in [0.29, 0.717) is 19.3 Å². The molecule has 448 valence electrons. The van der Waals surface area contributed by atoms with Gasteiger partial charge in [-0.1, -0.05) is 319 Å². The van der Waals surface area contributed by atoms with Crippen LogP contribution in [-0.2, 0) is 28.6 Å². The van der Waals surface area contributed by atoms with Crippen molar-refractivity contribution in [2.45, 2.75) is 361 Å². The number of hydrogen-bond donors (Lipinski definition) is 0. The Morgan fingerprint density at radius 2 is 0.532 bits per heavy atom. The lowest BCUT2D eigenvalue weighted by Gasteiger charge is -2.18. The van der Waals surface area contributed by atoms with Gasteiger partial charge >= 0.3 is 17.9 Å². The summed E-state index contributed by atoms with van der Waals surface area (Å²) in [6, 6.07) is 0. The van der Waals surface area contributed by atoms with Crippen molar-refractivity contribution in [2.75, 3.05) is 13.2 Å². The van der Waals surface area contributed by atoms with Gasteiger partial charge in [0.25, 0.3) is 0 Å². The van der Waals surface area contributed by atoms with Gasteiger partial charge < -0.3 is 14.2 Å². The average molecular weight is 1080 g/mol. The molecule has 0 radical (unpaired) electrons. The van der Waals surface area contributed by atoms with E-state index >= 15 is 0 Å². The van der Waals surface area contributed by atoms with Crippen LogP contribution in [0.2, 0.25) is 0 Å². The van der Waals surface area contributed by atoms with E-state index in [1.54, 1.807) is 0 Å². The average Bonchev–Trinajstić information content (AvgIpc) is 3.43. The summed E-state index contributed by atoms with van der Waals surface area (Å²) in [5, 5.41) is 0. The van der Waals surface area contributed by atoms with Crippen LogP contribution >= 0.6 is 0 Å². The molecule has 0 aromatic rings. The van der Waals surface area contributed by atoms with Crippen LogP contribution in [0.15, 0.2) is 60.8 Å². The van der Waals surface area contributed by atoms with E-state index in [9.17, 15) is 14.4 Å². The van der Waals surface area contributed by atoms with Crippen molar-refractivity contribution >= 4 is 17.9 Å². The first-order valence-corrected chi connectivity index (χ1v) is 33.8. The first-order valence-electron chi connectivity index (χ1n) is 33.8. The number of carbonyl (C=O) groups excluding carboxylic acids is 3. The van der Waals surface area contributed by atoms with E-state index in [0.717, 1.165) is 116 Å². The van der Waals surface area contributed by atoms with Crippen molar-refractivity contribution in [3.8, 4) is 0 Å². The van der Waals surface area contributed by atoms with Gasteiger partial charge in [0.1, 0.15) is 13.2 Å². The number of ether oxygens (including phenoxy) is 3. The highest BCUT2D eigenvalue weighted by atomic mass is 16.6. The molecule has 0 saturated carbocycles. The maximum atomic E-state index is 12.8. The highest BCUT2D eigenvalue weighted by Crippen LogP contribution is 2.18. The van der Waals surface area contributed by atoms with Gasteiger partial charge in [-0.3, -0.25) is 14.4 Å². The molecule has 0 aliphatic heterocycles. The van der Waals surface area contributed by atoms with Crippen LogP contribution in [-0.4, -0.2) is 37.2 Å². The zero-order chi connectivity index (χ0) is 55.7. The van der Waals surface area contributed by atoms with E-state index in [-0.39, 0.29) is 31.1 Å².